The second kappa shape index (κ2) is 7.91. The topological polar surface area (TPSA) is 60.5 Å². The van der Waals surface area contributed by atoms with E-state index in [1.165, 1.54) is 0 Å². The van der Waals surface area contributed by atoms with Gasteiger partial charge in [-0.25, -0.2) is 4.98 Å². The lowest BCUT2D eigenvalue weighted by Gasteiger charge is -2.13. The first-order chi connectivity index (χ1) is 10.6. The Morgan fingerprint density at radius 1 is 1.36 bits per heavy atom. The molecule has 0 radical (unpaired) electrons. The predicted molar refractivity (Wildman–Crippen MR) is 86.4 cm³/mol. The first kappa shape index (κ1) is 16.5. The van der Waals surface area contributed by atoms with Crippen LogP contribution in [0.15, 0.2) is 29.6 Å². The van der Waals surface area contributed by atoms with Crippen molar-refractivity contribution < 1.29 is 14.3 Å². The van der Waals surface area contributed by atoms with Gasteiger partial charge in [-0.05, 0) is 38.1 Å². The lowest BCUT2D eigenvalue weighted by atomic mass is 10.2. The Kier molecular flexibility index (Phi) is 5.91. The number of nitrogens with zero attached hydrogens (tertiary/aromatic N) is 1. The molecule has 1 unspecified atom stereocenters. The molecule has 1 N–H and O–H groups in total. The summed E-state index contributed by atoms with van der Waals surface area (Å²) in [5, 5.41) is 5.87. The number of methoxy groups -OCH3 is 1. The molecule has 0 aliphatic heterocycles. The summed E-state index contributed by atoms with van der Waals surface area (Å²) in [5.74, 6) is 0.596. The van der Waals surface area contributed by atoms with Gasteiger partial charge in [0.2, 0.25) is 0 Å². The normalized spacial score (nSPS) is 12.0. The number of amides is 1. The number of aryl methyl sites for hydroxylation is 1. The summed E-state index contributed by atoms with van der Waals surface area (Å²) < 4.78 is 10.6. The zero-order chi connectivity index (χ0) is 15.9. The third-order valence-electron chi connectivity index (χ3n) is 2.96. The van der Waals surface area contributed by atoms with Crippen LogP contribution in [0.5, 0.6) is 5.75 Å². The zero-order valence-corrected chi connectivity index (χ0v) is 13.8. The Labute approximate surface area is 134 Å². The number of hydrogen-bond donors (Lipinski definition) is 1. The summed E-state index contributed by atoms with van der Waals surface area (Å²) in [7, 11) is 1.61. The van der Waals surface area contributed by atoms with Gasteiger partial charge in [0.25, 0.3) is 5.91 Å². The second-order valence-corrected chi connectivity index (χ2v) is 6.06. The van der Waals surface area contributed by atoms with Crippen molar-refractivity contribution in [3.8, 4) is 5.75 Å². The number of carbonyl (C=O) groups excluding carboxylic acids is 1. The Morgan fingerprint density at radius 2 is 2.09 bits per heavy atom. The molecule has 22 heavy (non-hydrogen) atoms. The first-order valence-electron chi connectivity index (χ1n) is 7.02. The molecule has 2 aromatic rings. The van der Waals surface area contributed by atoms with E-state index in [1.807, 2.05) is 19.2 Å². The molecule has 1 heterocycles. The van der Waals surface area contributed by atoms with E-state index in [-0.39, 0.29) is 11.9 Å². The predicted octanol–water partition coefficient (Wildman–Crippen LogP) is 2.80. The lowest BCUT2D eigenvalue weighted by Crippen LogP contribution is -2.35. The summed E-state index contributed by atoms with van der Waals surface area (Å²) in [6, 6.07) is 7.04. The molecular weight excluding hydrogens is 300 g/mol. The van der Waals surface area contributed by atoms with Gasteiger partial charge in [-0.2, -0.15) is 0 Å². The summed E-state index contributed by atoms with van der Waals surface area (Å²) >= 11 is 1.60. The van der Waals surface area contributed by atoms with Crippen molar-refractivity contribution in [2.75, 3.05) is 13.7 Å². The van der Waals surface area contributed by atoms with Crippen LogP contribution in [0.25, 0.3) is 0 Å². The van der Waals surface area contributed by atoms with Crippen molar-refractivity contribution in [2.45, 2.75) is 26.5 Å². The number of hydrogen-bond acceptors (Lipinski definition) is 5. The van der Waals surface area contributed by atoms with Gasteiger partial charge in [0.1, 0.15) is 12.4 Å². The minimum Gasteiger partial charge on any atom is -0.487 e. The molecule has 1 aromatic heterocycles. The van der Waals surface area contributed by atoms with Gasteiger partial charge in [0, 0.05) is 24.1 Å². The highest BCUT2D eigenvalue weighted by atomic mass is 32.1. The van der Waals surface area contributed by atoms with Crippen molar-refractivity contribution >= 4 is 17.2 Å². The molecule has 0 aliphatic carbocycles. The quantitative estimate of drug-likeness (QED) is 0.852. The van der Waals surface area contributed by atoms with Crippen LogP contribution in [0, 0.1) is 6.92 Å². The van der Waals surface area contributed by atoms with Crippen LogP contribution >= 0.6 is 11.3 Å². The van der Waals surface area contributed by atoms with Crippen molar-refractivity contribution in [3.05, 3.63) is 45.9 Å². The molecule has 1 amide bonds. The molecule has 5 nitrogen and oxygen atoms in total. The fraction of sp³-hybridized carbons (Fsp3) is 0.375. The third-order valence-corrected chi connectivity index (χ3v) is 3.79. The molecule has 0 fully saturated rings. The van der Waals surface area contributed by atoms with Crippen molar-refractivity contribution in [3.63, 3.8) is 0 Å². The van der Waals surface area contributed by atoms with E-state index in [2.05, 4.69) is 10.3 Å². The standard InChI is InChI=1S/C16H20N2O3S/c1-11(8-20-3)17-16(19)13-4-6-15(7-5-13)21-9-14-10-22-12(2)18-14/h4-7,10-11H,8-9H2,1-3H3,(H,17,19). The summed E-state index contributed by atoms with van der Waals surface area (Å²) in [5.41, 5.74) is 1.51. The van der Waals surface area contributed by atoms with Crippen LogP contribution in [0.4, 0.5) is 0 Å². The van der Waals surface area contributed by atoms with Gasteiger partial charge < -0.3 is 14.8 Å². The van der Waals surface area contributed by atoms with Gasteiger partial charge in [0.15, 0.2) is 0 Å². The maximum Gasteiger partial charge on any atom is 0.251 e. The van der Waals surface area contributed by atoms with Gasteiger partial charge in [-0.1, -0.05) is 0 Å². The molecule has 1 aromatic carbocycles. The summed E-state index contributed by atoms with van der Waals surface area (Å²) in [6.07, 6.45) is 0. The highest BCUT2D eigenvalue weighted by Crippen LogP contribution is 2.15. The number of benzene rings is 1. The minimum absolute atomic E-state index is 0.0265. The smallest absolute Gasteiger partial charge is 0.251 e. The van der Waals surface area contributed by atoms with Crippen LogP contribution in [-0.4, -0.2) is 30.6 Å². The molecule has 6 heteroatoms. The van der Waals surface area contributed by atoms with E-state index >= 15 is 0 Å². The molecule has 118 valence electrons. The second-order valence-electron chi connectivity index (χ2n) is 5.00. The van der Waals surface area contributed by atoms with E-state index in [9.17, 15) is 4.79 Å². The number of thiazole rings is 1. The number of nitrogens with one attached hydrogen (secondary N) is 1. The summed E-state index contributed by atoms with van der Waals surface area (Å²) in [6.45, 7) is 4.78. The van der Waals surface area contributed by atoms with E-state index < -0.39 is 0 Å². The molecule has 0 saturated heterocycles. The highest BCUT2D eigenvalue weighted by molar-refractivity contribution is 7.09. The Bertz CT molecular complexity index is 610. The average molecular weight is 320 g/mol. The van der Waals surface area contributed by atoms with Crippen LogP contribution in [0.2, 0.25) is 0 Å². The van der Waals surface area contributed by atoms with Crippen LogP contribution in [0.1, 0.15) is 28.0 Å². The molecule has 2 rings (SSSR count). The van der Waals surface area contributed by atoms with Crippen LogP contribution in [-0.2, 0) is 11.3 Å². The monoisotopic (exact) mass is 320 g/mol. The fourth-order valence-corrected chi connectivity index (χ4v) is 2.53. The van der Waals surface area contributed by atoms with Crippen LogP contribution < -0.4 is 10.1 Å². The van der Waals surface area contributed by atoms with Gasteiger partial charge in [-0.3, -0.25) is 4.79 Å². The Hall–Kier alpha value is -1.92. The molecule has 1 atom stereocenters. The molecule has 0 aliphatic rings. The SMILES string of the molecule is COCC(C)NC(=O)c1ccc(OCc2csc(C)n2)cc1. The minimum atomic E-state index is -0.119. The van der Waals surface area contributed by atoms with E-state index in [1.54, 1.807) is 42.7 Å². The van der Waals surface area contributed by atoms with Crippen molar-refractivity contribution in [2.24, 2.45) is 0 Å². The third kappa shape index (κ3) is 4.82. The number of carbonyl (C=O) groups is 1. The van der Waals surface area contributed by atoms with E-state index in [0.717, 1.165) is 10.7 Å². The number of aromatic nitrogens is 1. The zero-order valence-electron chi connectivity index (χ0n) is 13.0. The van der Waals surface area contributed by atoms with Gasteiger partial charge in [0.05, 0.1) is 17.3 Å². The molecule has 0 bridgehead atoms. The Morgan fingerprint density at radius 3 is 2.68 bits per heavy atom. The maximum atomic E-state index is 12.0. The van der Waals surface area contributed by atoms with E-state index in [0.29, 0.717) is 24.5 Å². The summed E-state index contributed by atoms with van der Waals surface area (Å²) in [4.78, 5) is 16.3. The number of ether oxygens (including phenoxy) is 2. The maximum absolute atomic E-state index is 12.0. The fourth-order valence-electron chi connectivity index (χ4n) is 1.93. The van der Waals surface area contributed by atoms with E-state index in [4.69, 9.17) is 9.47 Å². The van der Waals surface area contributed by atoms with Gasteiger partial charge >= 0.3 is 0 Å². The average Bonchev–Trinajstić information content (AvgIpc) is 2.91. The van der Waals surface area contributed by atoms with Gasteiger partial charge in [-0.15, -0.1) is 11.3 Å². The molecule has 0 saturated carbocycles. The lowest BCUT2D eigenvalue weighted by molar-refractivity contribution is 0.0905. The van der Waals surface area contributed by atoms with Crippen molar-refractivity contribution in [1.29, 1.82) is 0 Å². The Balaban J connectivity index is 1.88. The highest BCUT2D eigenvalue weighted by Gasteiger charge is 2.09. The molecular formula is C16H20N2O3S. The van der Waals surface area contributed by atoms with Crippen LogP contribution in [0.3, 0.4) is 0 Å². The number of rotatable bonds is 7. The molecule has 0 spiro atoms. The first-order valence-corrected chi connectivity index (χ1v) is 7.90. The largest absolute Gasteiger partial charge is 0.487 e. The van der Waals surface area contributed by atoms with Crippen molar-refractivity contribution in [1.82, 2.24) is 10.3 Å².